The zero-order chi connectivity index (χ0) is 20.6. The Hall–Kier alpha value is -2.61. The van der Waals surface area contributed by atoms with E-state index < -0.39 is 18.0 Å². The lowest BCUT2D eigenvalue weighted by atomic mass is 9.82. The molecule has 28 heavy (non-hydrogen) atoms. The Balaban J connectivity index is 2.21. The van der Waals surface area contributed by atoms with Crippen LogP contribution in [-0.2, 0) is 14.3 Å². The van der Waals surface area contributed by atoms with Crippen LogP contribution < -0.4 is 4.90 Å². The average Bonchev–Trinajstić information content (AvgIpc) is 3.08. The number of ether oxygens (including phenoxy) is 2. The molecule has 0 saturated carbocycles. The number of esters is 2. The van der Waals surface area contributed by atoms with Crippen LogP contribution in [0.15, 0.2) is 12.3 Å². The van der Waals surface area contributed by atoms with Gasteiger partial charge in [0.25, 0.3) is 0 Å². The van der Waals surface area contributed by atoms with Crippen LogP contribution in [0.1, 0.15) is 54.4 Å². The number of hydrogen-bond donors (Lipinski definition) is 1. The fourth-order valence-electron chi connectivity index (χ4n) is 3.69. The van der Waals surface area contributed by atoms with Crippen molar-refractivity contribution in [2.45, 2.75) is 39.7 Å². The van der Waals surface area contributed by atoms with Gasteiger partial charge in [-0.3, -0.25) is 0 Å². The van der Waals surface area contributed by atoms with Crippen LogP contribution in [0.25, 0.3) is 5.52 Å². The van der Waals surface area contributed by atoms with E-state index >= 15 is 0 Å². The van der Waals surface area contributed by atoms with E-state index in [0.717, 1.165) is 25.9 Å². The maximum Gasteiger partial charge on any atom is 0.358 e. The van der Waals surface area contributed by atoms with Gasteiger partial charge in [0.1, 0.15) is 0 Å². The van der Waals surface area contributed by atoms with Gasteiger partial charge in [0.05, 0.1) is 25.4 Å². The Morgan fingerprint density at radius 1 is 1.21 bits per heavy atom. The van der Waals surface area contributed by atoms with Crippen LogP contribution in [0.5, 0.6) is 0 Å². The Morgan fingerprint density at radius 2 is 1.86 bits per heavy atom. The van der Waals surface area contributed by atoms with Crippen molar-refractivity contribution in [1.82, 2.24) is 9.61 Å². The summed E-state index contributed by atoms with van der Waals surface area (Å²) in [6, 6.07) is 1.63. The van der Waals surface area contributed by atoms with Crippen LogP contribution >= 0.6 is 0 Å². The Kier molecular flexibility index (Phi) is 5.34. The van der Waals surface area contributed by atoms with Gasteiger partial charge in [0.2, 0.25) is 0 Å². The molecule has 0 amide bonds. The number of anilines is 1. The number of nitrogens with zero attached hydrogens (tertiary/aromatic N) is 3. The van der Waals surface area contributed by atoms with Crippen molar-refractivity contribution in [2.75, 3.05) is 32.2 Å². The van der Waals surface area contributed by atoms with Crippen LogP contribution in [-0.4, -0.2) is 54.0 Å². The molecule has 0 aliphatic carbocycles. The van der Waals surface area contributed by atoms with Gasteiger partial charge in [-0.2, -0.15) is 5.10 Å². The molecule has 8 nitrogen and oxygen atoms in total. The summed E-state index contributed by atoms with van der Waals surface area (Å²) in [6.45, 7) is 7.80. The molecule has 1 fully saturated rings. The van der Waals surface area contributed by atoms with E-state index in [0.29, 0.717) is 22.3 Å². The molecule has 0 spiro atoms. The van der Waals surface area contributed by atoms with Crippen molar-refractivity contribution in [3.8, 4) is 0 Å². The lowest BCUT2D eigenvalue weighted by Crippen LogP contribution is -2.38. The third-order valence-electron chi connectivity index (χ3n) is 5.50. The van der Waals surface area contributed by atoms with Gasteiger partial charge in [-0.1, -0.05) is 13.8 Å². The van der Waals surface area contributed by atoms with Gasteiger partial charge in [-0.15, -0.1) is 0 Å². The molecule has 0 bridgehead atoms. The minimum Gasteiger partial charge on any atom is -0.467 e. The van der Waals surface area contributed by atoms with Crippen molar-refractivity contribution in [1.29, 1.82) is 0 Å². The highest BCUT2D eigenvalue weighted by molar-refractivity contribution is 5.92. The SMILES string of the molecule is COC(=O)c1cc2c(N3CCC(C)(C)CC3)c(C(O)C(=O)OC)c(C)cn2n1. The topological polar surface area (TPSA) is 93.4 Å². The van der Waals surface area contributed by atoms with Gasteiger partial charge >= 0.3 is 11.9 Å². The third-order valence-corrected chi connectivity index (χ3v) is 5.50. The summed E-state index contributed by atoms with van der Waals surface area (Å²) in [4.78, 5) is 26.2. The molecule has 0 aromatic carbocycles. The van der Waals surface area contributed by atoms with E-state index in [1.807, 2.05) is 0 Å². The fraction of sp³-hybridized carbons (Fsp3) is 0.550. The fourth-order valence-corrected chi connectivity index (χ4v) is 3.69. The number of carbonyl (C=O) groups excluding carboxylic acids is 2. The molecule has 3 rings (SSSR count). The number of aryl methyl sites for hydroxylation is 1. The normalized spacial score (nSPS) is 17.4. The predicted octanol–water partition coefficient (Wildman–Crippen LogP) is 2.26. The molecule has 1 atom stereocenters. The number of aromatic nitrogens is 2. The van der Waals surface area contributed by atoms with E-state index in [9.17, 15) is 14.7 Å². The summed E-state index contributed by atoms with van der Waals surface area (Å²) < 4.78 is 11.2. The maximum absolute atomic E-state index is 12.1. The zero-order valence-corrected chi connectivity index (χ0v) is 17.0. The first kappa shape index (κ1) is 20.1. The van der Waals surface area contributed by atoms with E-state index in [1.54, 1.807) is 23.7 Å². The highest BCUT2D eigenvalue weighted by atomic mass is 16.5. The summed E-state index contributed by atoms with van der Waals surface area (Å²) in [6.07, 6.45) is 2.22. The van der Waals surface area contributed by atoms with E-state index in [4.69, 9.17) is 9.47 Å². The second-order valence-corrected chi connectivity index (χ2v) is 8.00. The Morgan fingerprint density at radius 3 is 2.43 bits per heavy atom. The average molecular weight is 389 g/mol. The summed E-state index contributed by atoms with van der Waals surface area (Å²) in [5.74, 6) is -1.26. The van der Waals surface area contributed by atoms with Crippen LogP contribution in [0.2, 0.25) is 0 Å². The summed E-state index contributed by atoms with van der Waals surface area (Å²) >= 11 is 0. The number of rotatable bonds is 4. The van der Waals surface area contributed by atoms with Gasteiger partial charge in [0, 0.05) is 30.9 Å². The molecular formula is C20H27N3O5. The first-order valence-corrected chi connectivity index (χ1v) is 9.30. The minimum absolute atomic E-state index is 0.171. The smallest absolute Gasteiger partial charge is 0.358 e. The Bertz CT molecular complexity index is 908. The second kappa shape index (κ2) is 7.43. The van der Waals surface area contributed by atoms with Crippen LogP contribution in [0.4, 0.5) is 5.69 Å². The van der Waals surface area contributed by atoms with Gasteiger partial charge in [-0.05, 0) is 30.7 Å². The number of aliphatic hydroxyl groups excluding tert-OH is 1. The molecule has 3 heterocycles. The molecule has 1 aliphatic rings. The molecule has 1 aliphatic heterocycles. The van der Waals surface area contributed by atoms with Crippen molar-refractivity contribution >= 4 is 23.1 Å². The minimum atomic E-state index is -1.42. The molecule has 1 saturated heterocycles. The zero-order valence-electron chi connectivity index (χ0n) is 17.0. The van der Waals surface area contributed by atoms with Gasteiger partial charge in [-0.25, -0.2) is 14.1 Å². The first-order valence-electron chi connectivity index (χ1n) is 9.30. The largest absolute Gasteiger partial charge is 0.467 e. The molecule has 1 unspecified atom stereocenters. The van der Waals surface area contributed by atoms with Crippen molar-refractivity contribution in [3.05, 3.63) is 29.1 Å². The highest BCUT2D eigenvalue weighted by Gasteiger charge is 2.32. The number of aliphatic hydroxyl groups is 1. The molecule has 1 N–H and O–H groups in total. The lowest BCUT2D eigenvalue weighted by Gasteiger charge is -2.39. The van der Waals surface area contributed by atoms with Gasteiger partial charge in [0.15, 0.2) is 11.8 Å². The third kappa shape index (κ3) is 3.56. The Labute approximate surface area is 164 Å². The number of pyridine rings is 1. The monoisotopic (exact) mass is 389 g/mol. The second-order valence-electron chi connectivity index (χ2n) is 8.00. The molecule has 2 aromatic rings. The van der Waals surface area contributed by atoms with Crippen LogP contribution in [0, 0.1) is 12.3 Å². The molecule has 0 radical (unpaired) electrons. The number of methoxy groups -OCH3 is 2. The number of hydrogen-bond acceptors (Lipinski definition) is 7. The van der Waals surface area contributed by atoms with Crippen molar-refractivity contribution < 1.29 is 24.2 Å². The molecular weight excluding hydrogens is 362 g/mol. The van der Waals surface area contributed by atoms with Crippen LogP contribution in [0.3, 0.4) is 0 Å². The summed E-state index contributed by atoms with van der Waals surface area (Å²) in [5.41, 5.74) is 2.92. The quantitative estimate of drug-likeness (QED) is 0.802. The number of piperidine rings is 1. The van der Waals surface area contributed by atoms with E-state index in [1.165, 1.54) is 14.2 Å². The number of fused-ring (bicyclic) bond motifs is 1. The highest BCUT2D eigenvalue weighted by Crippen LogP contribution is 2.39. The van der Waals surface area contributed by atoms with Crippen molar-refractivity contribution in [3.63, 3.8) is 0 Å². The van der Waals surface area contributed by atoms with Gasteiger partial charge < -0.3 is 19.5 Å². The molecule has 2 aromatic heterocycles. The first-order chi connectivity index (χ1) is 13.2. The standard InChI is InChI=1S/C20H27N3O5/c1-12-11-23-14(10-13(21-23)18(25)27-4)16(15(12)17(24)19(26)28-5)22-8-6-20(2,3)7-9-22/h10-11,17,24H,6-9H2,1-5H3. The summed E-state index contributed by atoms with van der Waals surface area (Å²) in [5, 5.41) is 15.0. The predicted molar refractivity (Wildman–Crippen MR) is 103 cm³/mol. The van der Waals surface area contributed by atoms with E-state index in [-0.39, 0.29) is 11.1 Å². The summed E-state index contributed by atoms with van der Waals surface area (Å²) in [7, 11) is 2.55. The molecule has 8 heteroatoms. The van der Waals surface area contributed by atoms with E-state index in [2.05, 4.69) is 23.8 Å². The lowest BCUT2D eigenvalue weighted by molar-refractivity contribution is -0.150. The number of carbonyl (C=O) groups is 2. The molecule has 152 valence electrons. The maximum atomic E-state index is 12.1. The van der Waals surface area contributed by atoms with Crippen molar-refractivity contribution in [2.24, 2.45) is 5.41 Å².